The third kappa shape index (κ3) is 7.24. The van der Waals surface area contributed by atoms with Crippen molar-refractivity contribution in [1.82, 2.24) is 14.9 Å². The molecule has 0 spiro atoms. The Morgan fingerprint density at radius 2 is 1.74 bits per heavy atom. The van der Waals surface area contributed by atoms with Gasteiger partial charge in [-0.05, 0) is 67.2 Å². The molecule has 4 rings (SSSR count). The van der Waals surface area contributed by atoms with Gasteiger partial charge < -0.3 is 30.1 Å². The molecule has 0 aliphatic carbocycles. The number of anilines is 4. The molecule has 0 saturated carbocycles. The van der Waals surface area contributed by atoms with Crippen molar-refractivity contribution in [3.63, 3.8) is 0 Å². The van der Waals surface area contributed by atoms with Crippen LogP contribution < -0.4 is 20.1 Å². The average Bonchev–Trinajstić information content (AvgIpc) is 2.97. The van der Waals surface area contributed by atoms with Crippen LogP contribution in [0.3, 0.4) is 0 Å². The highest BCUT2D eigenvalue weighted by Crippen LogP contribution is 2.33. The molecule has 9 nitrogen and oxygen atoms in total. The molecule has 39 heavy (non-hydrogen) atoms. The fraction of sp³-hybridized carbons (Fsp3) is 0.233. The van der Waals surface area contributed by atoms with E-state index in [1.807, 2.05) is 54.6 Å². The number of methoxy groups -OCH3 is 1. The van der Waals surface area contributed by atoms with Gasteiger partial charge in [-0.2, -0.15) is 4.98 Å². The maximum absolute atomic E-state index is 11.6. The van der Waals surface area contributed by atoms with Crippen LogP contribution in [0.1, 0.15) is 24.2 Å². The number of nitrogens with zero attached hydrogens (tertiary/aromatic N) is 3. The second-order valence-electron chi connectivity index (χ2n) is 8.69. The van der Waals surface area contributed by atoms with E-state index in [-0.39, 0.29) is 5.56 Å². The Labute approximate surface area is 228 Å². The van der Waals surface area contributed by atoms with Crippen molar-refractivity contribution >= 4 is 29.1 Å². The first-order valence-corrected chi connectivity index (χ1v) is 12.8. The van der Waals surface area contributed by atoms with E-state index in [2.05, 4.69) is 34.4 Å². The van der Waals surface area contributed by atoms with Crippen molar-refractivity contribution in [3.8, 4) is 22.6 Å². The summed E-state index contributed by atoms with van der Waals surface area (Å²) < 4.78 is 11.4. The van der Waals surface area contributed by atoms with Crippen LogP contribution in [0, 0.1) is 0 Å². The van der Waals surface area contributed by atoms with Gasteiger partial charge in [0.1, 0.15) is 23.9 Å². The quantitative estimate of drug-likeness (QED) is 0.191. The minimum absolute atomic E-state index is 0.178. The molecule has 0 atom stereocenters. The smallest absolute Gasteiger partial charge is 0.335 e. The van der Waals surface area contributed by atoms with Gasteiger partial charge in [-0.1, -0.05) is 38.1 Å². The number of aromatic nitrogens is 2. The highest BCUT2D eigenvalue weighted by Gasteiger charge is 2.14. The monoisotopic (exact) mass is 527 g/mol. The Balaban J connectivity index is 1.57. The lowest BCUT2D eigenvalue weighted by Crippen LogP contribution is -2.27. The lowest BCUT2D eigenvalue weighted by atomic mass is 10.0. The van der Waals surface area contributed by atoms with Crippen LogP contribution in [-0.4, -0.2) is 59.3 Å². The molecule has 0 unspecified atom stereocenters. The number of likely N-dealkylation sites (N-methyl/N-ethyl adjacent to an activating group) is 1. The van der Waals surface area contributed by atoms with Crippen molar-refractivity contribution in [3.05, 3.63) is 84.6 Å². The first kappa shape index (κ1) is 27.4. The van der Waals surface area contributed by atoms with Crippen molar-refractivity contribution in [2.75, 3.05) is 44.0 Å². The maximum atomic E-state index is 11.6. The van der Waals surface area contributed by atoms with E-state index >= 15 is 0 Å². The lowest BCUT2D eigenvalue weighted by molar-refractivity contribution is 0.0697. The minimum atomic E-state index is -1.00. The van der Waals surface area contributed by atoms with E-state index in [0.29, 0.717) is 40.9 Å². The first-order valence-electron chi connectivity index (χ1n) is 12.8. The molecule has 3 aromatic carbocycles. The average molecular weight is 528 g/mol. The van der Waals surface area contributed by atoms with E-state index < -0.39 is 5.97 Å². The molecule has 0 aliphatic rings. The summed E-state index contributed by atoms with van der Waals surface area (Å²) in [6.45, 7) is 7.79. The highest BCUT2D eigenvalue weighted by atomic mass is 16.5. The summed E-state index contributed by atoms with van der Waals surface area (Å²) in [5.74, 6) is 1.31. The van der Waals surface area contributed by atoms with E-state index in [4.69, 9.17) is 14.5 Å². The summed E-state index contributed by atoms with van der Waals surface area (Å²) in [7, 11) is 1.60. The number of carboxylic acids is 1. The summed E-state index contributed by atoms with van der Waals surface area (Å²) in [4.78, 5) is 23.1. The van der Waals surface area contributed by atoms with Gasteiger partial charge in [-0.3, -0.25) is 0 Å². The second kappa shape index (κ2) is 13.3. The predicted molar refractivity (Wildman–Crippen MR) is 154 cm³/mol. The molecular weight excluding hydrogens is 494 g/mol. The Morgan fingerprint density at radius 3 is 2.46 bits per heavy atom. The maximum Gasteiger partial charge on any atom is 0.335 e. The fourth-order valence-electron chi connectivity index (χ4n) is 4.04. The minimum Gasteiger partial charge on any atom is -0.495 e. The molecule has 4 aromatic rings. The molecule has 202 valence electrons. The summed E-state index contributed by atoms with van der Waals surface area (Å²) in [5, 5.41) is 16.0. The van der Waals surface area contributed by atoms with Crippen molar-refractivity contribution in [2.24, 2.45) is 0 Å². The molecule has 0 aliphatic heterocycles. The zero-order valence-corrected chi connectivity index (χ0v) is 22.3. The van der Waals surface area contributed by atoms with Gasteiger partial charge >= 0.3 is 5.97 Å². The summed E-state index contributed by atoms with van der Waals surface area (Å²) in [6.07, 6.45) is 1.67. The molecule has 0 bridgehead atoms. The summed E-state index contributed by atoms with van der Waals surface area (Å²) >= 11 is 0. The van der Waals surface area contributed by atoms with E-state index in [0.717, 1.165) is 31.1 Å². The number of carboxylic acid groups (broad SMARTS) is 1. The van der Waals surface area contributed by atoms with Crippen LogP contribution in [0.4, 0.5) is 23.1 Å². The Morgan fingerprint density at radius 1 is 0.974 bits per heavy atom. The topological polar surface area (TPSA) is 109 Å². The third-order valence-electron chi connectivity index (χ3n) is 6.25. The van der Waals surface area contributed by atoms with Crippen LogP contribution in [-0.2, 0) is 0 Å². The number of carbonyl (C=O) groups is 1. The number of hydrogen-bond donors (Lipinski definition) is 3. The number of ether oxygens (including phenoxy) is 2. The lowest BCUT2D eigenvalue weighted by Gasteiger charge is -2.18. The van der Waals surface area contributed by atoms with Gasteiger partial charge in [0.05, 0.1) is 18.4 Å². The molecule has 9 heteroatoms. The number of hydrogen-bond acceptors (Lipinski definition) is 8. The molecule has 0 radical (unpaired) electrons. The molecule has 0 fully saturated rings. The first-order chi connectivity index (χ1) is 19.0. The number of nitrogens with one attached hydrogen (secondary N) is 2. The largest absolute Gasteiger partial charge is 0.495 e. The van der Waals surface area contributed by atoms with Crippen LogP contribution in [0.2, 0.25) is 0 Å². The molecule has 0 saturated heterocycles. The Hall–Kier alpha value is -4.63. The van der Waals surface area contributed by atoms with Gasteiger partial charge in [0, 0.05) is 24.0 Å². The normalized spacial score (nSPS) is 10.8. The van der Waals surface area contributed by atoms with E-state index in [1.54, 1.807) is 31.5 Å². The van der Waals surface area contributed by atoms with E-state index in [1.165, 1.54) is 0 Å². The fourth-order valence-corrected chi connectivity index (χ4v) is 4.04. The standard InChI is InChI=1S/C30H33N5O4/c1-4-35(5-2)17-18-39-24-15-13-23(14-16-24)32-30-31-20-25(21-9-8-10-22(19-21)29(36)37)28(34-30)33-26-11-6-7-12-27(26)38-3/h6-16,19-20H,4-5,17-18H2,1-3H3,(H,36,37)(H2,31,32,33,34). The Kier molecular flexibility index (Phi) is 9.31. The van der Waals surface area contributed by atoms with E-state index in [9.17, 15) is 9.90 Å². The van der Waals surface area contributed by atoms with Gasteiger partial charge in [0.2, 0.25) is 5.95 Å². The third-order valence-corrected chi connectivity index (χ3v) is 6.25. The van der Waals surface area contributed by atoms with Crippen LogP contribution in [0.5, 0.6) is 11.5 Å². The zero-order valence-electron chi connectivity index (χ0n) is 22.3. The van der Waals surface area contributed by atoms with Crippen LogP contribution in [0.25, 0.3) is 11.1 Å². The van der Waals surface area contributed by atoms with Gasteiger partial charge in [-0.15, -0.1) is 0 Å². The number of para-hydroxylation sites is 2. The number of aromatic carboxylic acids is 1. The second-order valence-corrected chi connectivity index (χ2v) is 8.69. The number of rotatable bonds is 13. The molecule has 0 amide bonds. The summed E-state index contributed by atoms with van der Waals surface area (Å²) in [6, 6.07) is 21.8. The summed E-state index contributed by atoms with van der Waals surface area (Å²) in [5.41, 5.74) is 3.01. The van der Waals surface area contributed by atoms with Crippen molar-refractivity contribution in [1.29, 1.82) is 0 Å². The van der Waals surface area contributed by atoms with Crippen LogP contribution in [0.15, 0.2) is 79.0 Å². The van der Waals surface area contributed by atoms with Gasteiger partial charge in [-0.25, -0.2) is 9.78 Å². The van der Waals surface area contributed by atoms with Crippen molar-refractivity contribution in [2.45, 2.75) is 13.8 Å². The van der Waals surface area contributed by atoms with Gasteiger partial charge in [0.15, 0.2) is 0 Å². The zero-order chi connectivity index (χ0) is 27.6. The highest BCUT2D eigenvalue weighted by molar-refractivity contribution is 5.90. The molecule has 1 aromatic heterocycles. The molecule has 1 heterocycles. The SMILES string of the molecule is CCN(CC)CCOc1ccc(Nc2ncc(-c3cccc(C(=O)O)c3)c(Nc3ccccc3OC)n2)cc1. The van der Waals surface area contributed by atoms with Crippen molar-refractivity contribution < 1.29 is 19.4 Å². The molecule has 3 N–H and O–H groups in total. The number of benzene rings is 3. The predicted octanol–water partition coefficient (Wildman–Crippen LogP) is 6.06. The molecular formula is C30H33N5O4. The Bertz CT molecular complexity index is 1390. The van der Waals surface area contributed by atoms with Crippen LogP contribution >= 0.6 is 0 Å². The van der Waals surface area contributed by atoms with Gasteiger partial charge in [0.25, 0.3) is 0 Å².